The Balaban J connectivity index is -0.000000247. The quantitative estimate of drug-likeness (QED) is 0.147. The molecular weight excluding hydrogens is 620 g/mol. The van der Waals surface area contributed by atoms with Gasteiger partial charge in [-0.25, -0.2) is 8.78 Å². The first kappa shape index (κ1) is 51.8. The van der Waals surface area contributed by atoms with Crippen LogP contribution in [-0.2, 0) is 18.8 Å². The zero-order valence-corrected chi connectivity index (χ0v) is 33.7. The van der Waals surface area contributed by atoms with Crippen LogP contribution < -0.4 is 4.79 Å². The van der Waals surface area contributed by atoms with E-state index in [0.29, 0.717) is 23.1 Å². The van der Waals surface area contributed by atoms with Crippen LogP contribution in [0.15, 0.2) is 41.9 Å². The second-order valence-electron chi connectivity index (χ2n) is 15.5. The summed E-state index contributed by atoms with van der Waals surface area (Å²) in [7, 11) is -1.40. The number of Topliss-reactive ketones (excluding diaryl/α,β-unsaturated/α-hetero) is 2. The van der Waals surface area contributed by atoms with Gasteiger partial charge in [-0.2, -0.15) is 0 Å². The second-order valence-corrected chi connectivity index (χ2v) is 19.9. The Labute approximate surface area is 289 Å². The van der Waals surface area contributed by atoms with Crippen molar-refractivity contribution in [3.05, 3.63) is 41.9 Å². The lowest BCUT2D eigenvalue weighted by Gasteiger charge is -2.26. The van der Waals surface area contributed by atoms with Gasteiger partial charge in [0.25, 0.3) is 0 Å². The van der Waals surface area contributed by atoms with Gasteiger partial charge in [-0.1, -0.05) is 82.7 Å². The predicted octanol–water partition coefficient (Wildman–Crippen LogP) is 11.1. The van der Waals surface area contributed by atoms with E-state index >= 15 is 0 Å². The van der Waals surface area contributed by atoms with Gasteiger partial charge in [0, 0.05) is 40.6 Å². The molecule has 0 radical (unpaired) electrons. The molecular formula is C38H73F3NO4Si+. The maximum absolute atomic E-state index is 13.4. The third kappa shape index (κ3) is 23.9. The molecule has 278 valence electrons. The fourth-order valence-corrected chi connectivity index (χ4v) is 5.40. The Morgan fingerprint density at radius 3 is 1.23 bits per heavy atom. The summed E-state index contributed by atoms with van der Waals surface area (Å²) in [5.74, 6) is 2.20. The lowest BCUT2D eigenvalue weighted by molar-refractivity contribution is -0.843. The Kier molecular flexibility index (Phi) is 24.9. The van der Waals surface area contributed by atoms with E-state index in [0.717, 1.165) is 0 Å². The normalized spacial score (nSPS) is 15.5. The van der Waals surface area contributed by atoms with E-state index in [1.165, 1.54) is 37.6 Å². The standard InChI is InChI=1S/C10H22OSi.C8H15FO.C7H13FO.C7H14O.C5H5FN.CH4/c1-8(2)10(9(3)4)11-12(5,6)7;1-6(2)8(5-10-8)7(3,4)9;1-5(2)6(9)7(3,4)8;1-5(2)7(8)6(3)4;6-7-4-2-1-3-5-7;/h8H,1-7H3;6H,5H2,1-4H3;5H,1-4H3;5-6H,1-4H3;1-5H;1H4/q;;;;+1;. The SMILES string of the molecule is C.CC(C)=C(O[Si](C)(C)C)C(C)C.CC(C)C(=O)C(C)(C)F.CC(C)C(=O)C(C)C.CC(C)C1(C(C)(C)F)CO1.F[n+]1ccccc1. The van der Waals surface area contributed by atoms with Gasteiger partial charge in [-0.3, -0.25) is 9.59 Å². The number of halogens is 3. The lowest BCUT2D eigenvalue weighted by atomic mass is 9.84. The van der Waals surface area contributed by atoms with Gasteiger partial charge >= 0.3 is 0 Å². The predicted molar refractivity (Wildman–Crippen MR) is 196 cm³/mol. The topological polar surface area (TPSA) is 59.8 Å². The van der Waals surface area contributed by atoms with Gasteiger partial charge < -0.3 is 9.16 Å². The summed E-state index contributed by atoms with van der Waals surface area (Å²) < 4.78 is 49.0. The van der Waals surface area contributed by atoms with Crippen molar-refractivity contribution in [1.82, 2.24) is 0 Å². The fourth-order valence-electron chi connectivity index (χ4n) is 4.30. The number of aromatic nitrogens is 1. The van der Waals surface area contributed by atoms with Crippen molar-refractivity contribution in [2.75, 3.05) is 6.61 Å². The van der Waals surface area contributed by atoms with E-state index in [1.807, 2.05) is 41.5 Å². The zero-order chi connectivity index (χ0) is 37.4. The van der Waals surface area contributed by atoms with E-state index < -0.39 is 25.3 Å². The first-order valence-corrected chi connectivity index (χ1v) is 19.9. The number of ketones is 2. The Morgan fingerprint density at radius 1 is 0.787 bits per heavy atom. The van der Waals surface area contributed by atoms with Crippen LogP contribution in [-0.4, -0.2) is 43.4 Å². The summed E-state index contributed by atoms with van der Waals surface area (Å²) in [6.07, 6.45) is 2.67. The van der Waals surface area contributed by atoms with Gasteiger partial charge in [0.2, 0.25) is 20.7 Å². The number of hydrogen-bond donors (Lipinski definition) is 0. The number of rotatable bonds is 9. The minimum atomic E-state index is -1.66. The molecule has 0 aliphatic carbocycles. The molecule has 1 saturated heterocycles. The van der Waals surface area contributed by atoms with Crippen molar-refractivity contribution in [1.29, 1.82) is 0 Å². The maximum atomic E-state index is 13.4. The zero-order valence-electron chi connectivity index (χ0n) is 32.7. The molecule has 2 rings (SSSR count). The van der Waals surface area contributed by atoms with Crippen LogP contribution in [0.3, 0.4) is 0 Å². The Morgan fingerprint density at radius 2 is 1.17 bits per heavy atom. The van der Waals surface area contributed by atoms with Crippen molar-refractivity contribution in [3.8, 4) is 0 Å². The number of nitrogens with zero attached hydrogens (tertiary/aromatic N) is 1. The third-order valence-corrected chi connectivity index (χ3v) is 7.59. The number of epoxide rings is 1. The molecule has 0 saturated carbocycles. The molecule has 5 nitrogen and oxygen atoms in total. The molecule has 0 aromatic carbocycles. The first-order valence-electron chi connectivity index (χ1n) is 16.5. The Hall–Kier alpha value is -2.00. The van der Waals surface area contributed by atoms with Crippen molar-refractivity contribution in [2.45, 2.75) is 155 Å². The molecule has 1 aliphatic heterocycles. The number of carbonyl (C=O) groups excluding carboxylic acids is 2. The van der Waals surface area contributed by atoms with Crippen LogP contribution >= 0.6 is 0 Å². The molecule has 1 aromatic rings. The highest BCUT2D eigenvalue weighted by atomic mass is 28.4. The minimum absolute atomic E-state index is 0. The Bertz CT molecular complexity index is 1020. The van der Waals surface area contributed by atoms with E-state index in [9.17, 15) is 22.9 Å². The summed E-state index contributed by atoms with van der Waals surface area (Å²) in [6, 6.07) is 5.01. The number of hydrogen-bond acceptors (Lipinski definition) is 4. The van der Waals surface area contributed by atoms with Crippen LogP contribution in [0.1, 0.15) is 118 Å². The highest BCUT2D eigenvalue weighted by Crippen LogP contribution is 2.46. The summed E-state index contributed by atoms with van der Waals surface area (Å²) in [4.78, 5) is 22.1. The number of pyridine rings is 1. The number of ether oxygens (including phenoxy) is 1. The van der Waals surface area contributed by atoms with Crippen molar-refractivity contribution in [2.24, 2.45) is 29.6 Å². The summed E-state index contributed by atoms with van der Waals surface area (Å²) in [5.41, 5.74) is -2.02. The van der Waals surface area contributed by atoms with Gasteiger partial charge in [-0.15, -0.1) is 0 Å². The van der Waals surface area contributed by atoms with Crippen LogP contribution in [0.4, 0.5) is 13.3 Å². The molecule has 1 aliphatic rings. The van der Waals surface area contributed by atoms with Gasteiger partial charge in [0.05, 0.1) is 16.8 Å². The summed E-state index contributed by atoms with van der Waals surface area (Å²) >= 11 is 0. The molecule has 1 unspecified atom stereocenters. The average Bonchev–Trinajstić information content (AvgIpc) is 3.70. The molecule has 0 N–H and O–H groups in total. The third-order valence-electron chi connectivity index (χ3n) is 6.76. The molecule has 1 aromatic heterocycles. The van der Waals surface area contributed by atoms with E-state index in [2.05, 4.69) is 47.3 Å². The fraction of sp³-hybridized carbons (Fsp3) is 0.763. The molecule has 9 heteroatoms. The van der Waals surface area contributed by atoms with Crippen molar-refractivity contribution >= 4 is 19.9 Å². The van der Waals surface area contributed by atoms with Gasteiger partial charge in [0.1, 0.15) is 17.1 Å². The highest BCUT2D eigenvalue weighted by Gasteiger charge is 2.59. The van der Waals surface area contributed by atoms with Crippen molar-refractivity contribution in [3.63, 3.8) is 0 Å². The second kappa shape index (κ2) is 22.6. The molecule has 1 atom stereocenters. The van der Waals surface area contributed by atoms with E-state index in [-0.39, 0.29) is 36.9 Å². The highest BCUT2D eigenvalue weighted by molar-refractivity contribution is 6.70. The van der Waals surface area contributed by atoms with Crippen LogP contribution in [0.5, 0.6) is 0 Å². The van der Waals surface area contributed by atoms with Crippen LogP contribution in [0.2, 0.25) is 19.6 Å². The van der Waals surface area contributed by atoms with E-state index in [4.69, 9.17) is 9.16 Å². The van der Waals surface area contributed by atoms with E-state index in [1.54, 1.807) is 45.9 Å². The number of carbonyl (C=O) groups is 2. The monoisotopic (exact) mass is 693 g/mol. The molecule has 47 heavy (non-hydrogen) atoms. The molecule has 0 spiro atoms. The number of allylic oxidation sites excluding steroid dienone is 2. The van der Waals surface area contributed by atoms with Gasteiger partial charge in [-0.05, 0) is 72.7 Å². The van der Waals surface area contributed by atoms with Crippen LogP contribution in [0, 0.1) is 29.6 Å². The maximum Gasteiger partial charge on any atom is 0.241 e. The van der Waals surface area contributed by atoms with Crippen molar-refractivity contribution < 1.29 is 36.8 Å². The first-order chi connectivity index (χ1) is 20.4. The summed E-state index contributed by atoms with van der Waals surface area (Å²) in [6.45, 7) is 36.7. The smallest absolute Gasteiger partial charge is 0.241 e. The molecule has 2 heterocycles. The van der Waals surface area contributed by atoms with Gasteiger partial charge in [0.15, 0.2) is 11.5 Å². The molecule has 0 amide bonds. The average molecular weight is 693 g/mol. The summed E-state index contributed by atoms with van der Waals surface area (Å²) in [5, 5.41) is 0. The number of alkyl halides is 2. The molecule has 0 bridgehead atoms. The molecule has 1 fully saturated rings. The lowest BCUT2D eigenvalue weighted by Crippen LogP contribution is -2.39. The van der Waals surface area contributed by atoms with Crippen LogP contribution in [0.25, 0.3) is 0 Å². The minimum Gasteiger partial charge on any atom is -0.547 e. The largest absolute Gasteiger partial charge is 0.547 e.